The third-order valence-electron chi connectivity index (χ3n) is 4.25. The van der Waals surface area contributed by atoms with Gasteiger partial charge in [0.25, 0.3) is 5.56 Å². The van der Waals surface area contributed by atoms with Crippen LogP contribution >= 0.6 is 11.3 Å². The van der Waals surface area contributed by atoms with E-state index in [1.807, 2.05) is 30.3 Å². The van der Waals surface area contributed by atoms with Crippen LogP contribution in [0.5, 0.6) is 5.75 Å². The Morgan fingerprint density at radius 1 is 1.22 bits per heavy atom. The summed E-state index contributed by atoms with van der Waals surface area (Å²) in [6.07, 6.45) is 5.75. The first-order chi connectivity index (χ1) is 11.3. The molecular formula is C18H18N2O2S. The molecule has 0 saturated carbocycles. The Kier molecular flexibility index (Phi) is 3.87. The molecule has 118 valence electrons. The maximum absolute atomic E-state index is 12.7. The third-order valence-corrected chi connectivity index (χ3v) is 5.45. The van der Waals surface area contributed by atoms with E-state index in [-0.39, 0.29) is 5.56 Å². The molecule has 2 aromatic heterocycles. The summed E-state index contributed by atoms with van der Waals surface area (Å²) in [6, 6.07) is 9.75. The molecule has 1 aliphatic rings. The highest BCUT2D eigenvalue weighted by Crippen LogP contribution is 2.34. The van der Waals surface area contributed by atoms with Crippen LogP contribution in [-0.2, 0) is 19.4 Å². The first-order valence-corrected chi connectivity index (χ1v) is 8.82. The number of rotatable bonds is 5. The average molecular weight is 326 g/mol. The molecule has 4 nitrogen and oxygen atoms in total. The second-order valence-corrected chi connectivity index (χ2v) is 6.88. The van der Waals surface area contributed by atoms with Crippen LogP contribution in [0.3, 0.4) is 0 Å². The van der Waals surface area contributed by atoms with E-state index in [0.717, 1.165) is 41.6 Å². The molecule has 0 radical (unpaired) electrons. The number of aromatic nitrogens is 2. The number of benzene rings is 1. The second kappa shape index (κ2) is 6.16. The zero-order chi connectivity index (χ0) is 15.6. The molecule has 5 heteroatoms. The van der Waals surface area contributed by atoms with Crippen LogP contribution in [0.2, 0.25) is 0 Å². The quantitative estimate of drug-likeness (QED) is 0.675. The van der Waals surface area contributed by atoms with Crippen molar-refractivity contribution in [3.63, 3.8) is 0 Å². The van der Waals surface area contributed by atoms with Gasteiger partial charge >= 0.3 is 0 Å². The van der Waals surface area contributed by atoms with Gasteiger partial charge < -0.3 is 4.74 Å². The molecule has 23 heavy (non-hydrogen) atoms. The van der Waals surface area contributed by atoms with Gasteiger partial charge in [-0.1, -0.05) is 18.2 Å². The Hall–Kier alpha value is -2.14. The van der Waals surface area contributed by atoms with Gasteiger partial charge in [0.15, 0.2) is 0 Å². The normalized spacial score (nSPS) is 13.4. The van der Waals surface area contributed by atoms with Crippen molar-refractivity contribution < 1.29 is 4.74 Å². The Morgan fingerprint density at radius 3 is 2.96 bits per heavy atom. The summed E-state index contributed by atoms with van der Waals surface area (Å²) in [4.78, 5) is 19.4. The highest BCUT2D eigenvalue weighted by Gasteiger charge is 2.21. The molecule has 0 bridgehead atoms. The predicted molar refractivity (Wildman–Crippen MR) is 92.5 cm³/mol. The topological polar surface area (TPSA) is 44.1 Å². The fourth-order valence-electron chi connectivity index (χ4n) is 3.12. The van der Waals surface area contributed by atoms with Gasteiger partial charge in [0.2, 0.25) is 0 Å². The second-order valence-electron chi connectivity index (χ2n) is 5.80. The molecule has 0 amide bonds. The van der Waals surface area contributed by atoms with Gasteiger partial charge in [-0.15, -0.1) is 11.3 Å². The summed E-state index contributed by atoms with van der Waals surface area (Å²) in [5.74, 6) is 0.865. The van der Waals surface area contributed by atoms with Crippen LogP contribution in [-0.4, -0.2) is 16.2 Å². The Balaban J connectivity index is 1.47. The van der Waals surface area contributed by atoms with Crippen molar-refractivity contribution in [2.45, 2.75) is 32.2 Å². The minimum absolute atomic E-state index is 0.106. The van der Waals surface area contributed by atoms with Crippen molar-refractivity contribution in [1.82, 2.24) is 9.55 Å². The monoisotopic (exact) mass is 326 g/mol. The zero-order valence-corrected chi connectivity index (χ0v) is 13.6. The van der Waals surface area contributed by atoms with Crippen molar-refractivity contribution in [2.75, 3.05) is 6.61 Å². The molecule has 0 atom stereocenters. The number of hydrogen-bond donors (Lipinski definition) is 0. The van der Waals surface area contributed by atoms with Crippen LogP contribution in [0.4, 0.5) is 0 Å². The summed E-state index contributed by atoms with van der Waals surface area (Å²) in [5, 5.41) is 0.856. The van der Waals surface area contributed by atoms with Gasteiger partial charge in [0, 0.05) is 11.4 Å². The predicted octanol–water partition coefficient (Wildman–Crippen LogP) is 3.42. The fraction of sp³-hybridized carbons (Fsp3) is 0.333. The van der Waals surface area contributed by atoms with Gasteiger partial charge in [-0.3, -0.25) is 9.36 Å². The van der Waals surface area contributed by atoms with E-state index in [2.05, 4.69) is 4.98 Å². The molecule has 2 heterocycles. The Bertz CT molecular complexity index is 883. The van der Waals surface area contributed by atoms with Gasteiger partial charge in [0.1, 0.15) is 10.6 Å². The molecule has 0 aliphatic heterocycles. The highest BCUT2D eigenvalue weighted by atomic mass is 32.1. The van der Waals surface area contributed by atoms with Gasteiger partial charge in [0.05, 0.1) is 18.3 Å². The lowest BCUT2D eigenvalue weighted by Crippen LogP contribution is -2.21. The number of hydrogen-bond acceptors (Lipinski definition) is 4. The lowest BCUT2D eigenvalue weighted by molar-refractivity contribution is 0.301. The molecule has 1 aromatic carbocycles. The minimum Gasteiger partial charge on any atom is -0.494 e. The van der Waals surface area contributed by atoms with Crippen molar-refractivity contribution >= 4 is 21.6 Å². The van der Waals surface area contributed by atoms with Crippen molar-refractivity contribution in [3.05, 3.63) is 57.5 Å². The molecule has 0 saturated heterocycles. The van der Waals surface area contributed by atoms with Crippen LogP contribution < -0.4 is 10.3 Å². The fourth-order valence-corrected chi connectivity index (χ4v) is 4.34. The van der Waals surface area contributed by atoms with E-state index in [9.17, 15) is 4.79 Å². The van der Waals surface area contributed by atoms with Crippen molar-refractivity contribution in [2.24, 2.45) is 0 Å². The zero-order valence-electron chi connectivity index (χ0n) is 12.8. The summed E-state index contributed by atoms with van der Waals surface area (Å²) >= 11 is 1.69. The first-order valence-electron chi connectivity index (χ1n) is 8.00. The van der Waals surface area contributed by atoms with Gasteiger partial charge in [-0.25, -0.2) is 4.98 Å². The van der Waals surface area contributed by atoms with Gasteiger partial charge in [-0.2, -0.15) is 0 Å². The Morgan fingerprint density at radius 2 is 2.09 bits per heavy atom. The molecular weight excluding hydrogens is 308 g/mol. The lowest BCUT2D eigenvalue weighted by Gasteiger charge is -2.08. The van der Waals surface area contributed by atoms with E-state index < -0.39 is 0 Å². The van der Waals surface area contributed by atoms with Crippen molar-refractivity contribution in [3.8, 4) is 5.75 Å². The number of nitrogens with zero attached hydrogens (tertiary/aromatic N) is 2. The molecule has 0 N–H and O–H groups in total. The summed E-state index contributed by atoms with van der Waals surface area (Å²) in [5.41, 5.74) is 1.35. The number of ether oxygens (including phenoxy) is 1. The van der Waals surface area contributed by atoms with E-state index >= 15 is 0 Å². The minimum atomic E-state index is 0.106. The Labute approximate surface area is 138 Å². The maximum atomic E-state index is 12.7. The van der Waals surface area contributed by atoms with Crippen LogP contribution in [0.15, 0.2) is 41.5 Å². The van der Waals surface area contributed by atoms with E-state index in [0.29, 0.717) is 13.2 Å². The number of aryl methyl sites for hydroxylation is 3. The van der Waals surface area contributed by atoms with E-state index in [4.69, 9.17) is 4.74 Å². The number of para-hydroxylation sites is 1. The lowest BCUT2D eigenvalue weighted by atomic mass is 10.2. The molecule has 0 fully saturated rings. The smallest absolute Gasteiger partial charge is 0.262 e. The largest absolute Gasteiger partial charge is 0.494 e. The average Bonchev–Trinajstić information content (AvgIpc) is 3.15. The molecule has 4 rings (SSSR count). The third kappa shape index (κ3) is 2.77. The van der Waals surface area contributed by atoms with Crippen molar-refractivity contribution in [1.29, 1.82) is 0 Å². The van der Waals surface area contributed by atoms with E-state index in [1.54, 1.807) is 22.2 Å². The molecule has 1 aliphatic carbocycles. The van der Waals surface area contributed by atoms with E-state index in [1.165, 1.54) is 10.4 Å². The number of thiophene rings is 1. The standard InChI is InChI=1S/C18H18N2O2S/c21-18-16-14-8-4-9-15(14)23-17(16)19-12-20(18)10-5-11-22-13-6-2-1-3-7-13/h1-3,6-7,12H,4-5,8-11H2. The molecule has 0 unspecified atom stereocenters. The summed E-state index contributed by atoms with van der Waals surface area (Å²) in [6.45, 7) is 1.23. The first kappa shape index (κ1) is 14.5. The maximum Gasteiger partial charge on any atom is 0.262 e. The molecule has 0 spiro atoms. The van der Waals surface area contributed by atoms with Crippen LogP contribution in [0.1, 0.15) is 23.3 Å². The SMILES string of the molecule is O=c1c2c3c(sc2ncn1CCCOc1ccccc1)CCC3. The van der Waals surface area contributed by atoms with Crippen LogP contribution in [0, 0.1) is 0 Å². The van der Waals surface area contributed by atoms with Gasteiger partial charge in [-0.05, 0) is 43.4 Å². The highest BCUT2D eigenvalue weighted by molar-refractivity contribution is 7.18. The molecule has 3 aromatic rings. The summed E-state index contributed by atoms with van der Waals surface area (Å²) in [7, 11) is 0. The van der Waals surface area contributed by atoms with Crippen LogP contribution in [0.25, 0.3) is 10.2 Å². The number of fused-ring (bicyclic) bond motifs is 3. The summed E-state index contributed by atoms with van der Waals surface area (Å²) < 4.78 is 7.40.